The van der Waals surface area contributed by atoms with Gasteiger partial charge in [0.2, 0.25) is 5.91 Å². The minimum Gasteiger partial charge on any atom is -0.479 e. The van der Waals surface area contributed by atoms with Crippen molar-refractivity contribution >= 4 is 18.0 Å². The zero-order chi connectivity index (χ0) is 23.4. The monoisotopic (exact) mass is 450 g/mol. The summed E-state index contributed by atoms with van der Waals surface area (Å²) >= 11 is 0. The first-order valence-electron chi connectivity index (χ1n) is 10.9. The summed E-state index contributed by atoms with van der Waals surface area (Å²) in [7, 11) is 0. The smallest absolute Gasteiger partial charge is 0.407 e. The van der Waals surface area contributed by atoms with Gasteiger partial charge in [0.05, 0.1) is 6.04 Å². The number of allylic oxidation sites excluding steroid dienone is 1. The highest BCUT2D eigenvalue weighted by atomic mass is 16.7. The van der Waals surface area contributed by atoms with Crippen LogP contribution >= 0.6 is 0 Å². The second-order valence-electron chi connectivity index (χ2n) is 8.24. The molecule has 2 aliphatic carbocycles. The fourth-order valence-corrected chi connectivity index (χ4v) is 4.28. The van der Waals surface area contributed by atoms with Crippen LogP contribution in [0.1, 0.15) is 36.8 Å². The summed E-state index contributed by atoms with van der Waals surface area (Å²) in [5, 5.41) is 11.6. The predicted octanol–water partition coefficient (Wildman–Crippen LogP) is 3.38. The number of hydrogen-bond donors (Lipinski definition) is 3. The first-order valence-corrected chi connectivity index (χ1v) is 10.9. The molecule has 172 valence electrons. The highest BCUT2D eigenvalue weighted by Gasteiger charge is 2.30. The van der Waals surface area contributed by atoms with Gasteiger partial charge < -0.3 is 15.2 Å². The molecule has 2 amide bonds. The van der Waals surface area contributed by atoms with Crippen LogP contribution < -0.4 is 10.8 Å². The van der Waals surface area contributed by atoms with Crippen LogP contribution in [0.15, 0.2) is 60.7 Å². The second kappa shape index (κ2) is 9.87. The second-order valence-corrected chi connectivity index (χ2v) is 8.24. The molecular weight excluding hydrogens is 424 g/mol. The number of benzene rings is 2. The average molecular weight is 450 g/mol. The number of alkyl carbamates (subject to hydrolysis) is 1. The number of aliphatic carboxylic acids is 1. The number of carboxylic acid groups (broad SMARTS) is 1. The van der Waals surface area contributed by atoms with E-state index in [0.717, 1.165) is 22.3 Å². The van der Waals surface area contributed by atoms with Gasteiger partial charge in [-0.2, -0.15) is 0 Å². The SMILES string of the molecule is CC(ONC(=O)C1CC=CC(NC(=O)OCC2c3ccccc3-c3ccccc32)C1)C(=O)O. The van der Waals surface area contributed by atoms with Crippen LogP contribution in [-0.2, 0) is 19.2 Å². The molecule has 0 aromatic heterocycles. The van der Waals surface area contributed by atoms with Crippen molar-refractivity contribution in [3.63, 3.8) is 0 Å². The summed E-state index contributed by atoms with van der Waals surface area (Å²) in [4.78, 5) is 40.4. The molecule has 2 aromatic carbocycles. The van der Waals surface area contributed by atoms with Crippen molar-refractivity contribution in [1.82, 2.24) is 10.8 Å². The van der Waals surface area contributed by atoms with Crippen molar-refractivity contribution in [3.8, 4) is 11.1 Å². The van der Waals surface area contributed by atoms with Crippen molar-refractivity contribution in [2.75, 3.05) is 6.61 Å². The van der Waals surface area contributed by atoms with Crippen LogP contribution in [-0.4, -0.2) is 41.8 Å². The molecule has 33 heavy (non-hydrogen) atoms. The Labute approximate surface area is 191 Å². The number of rotatable bonds is 7. The average Bonchev–Trinajstić information content (AvgIpc) is 3.15. The van der Waals surface area contributed by atoms with E-state index in [4.69, 9.17) is 14.7 Å². The van der Waals surface area contributed by atoms with Gasteiger partial charge in [0.25, 0.3) is 0 Å². The molecule has 0 saturated carbocycles. The first kappa shape index (κ1) is 22.5. The van der Waals surface area contributed by atoms with Gasteiger partial charge >= 0.3 is 12.1 Å². The predicted molar refractivity (Wildman–Crippen MR) is 120 cm³/mol. The first-order chi connectivity index (χ1) is 15.9. The minimum absolute atomic E-state index is 0.0306. The zero-order valence-electron chi connectivity index (χ0n) is 18.2. The van der Waals surface area contributed by atoms with Crippen molar-refractivity contribution in [3.05, 3.63) is 71.8 Å². The fraction of sp³-hybridized carbons (Fsp3) is 0.320. The Morgan fingerprint density at radius 2 is 1.70 bits per heavy atom. The van der Waals surface area contributed by atoms with E-state index < -0.39 is 30.0 Å². The van der Waals surface area contributed by atoms with Crippen LogP contribution in [0, 0.1) is 5.92 Å². The number of carbonyl (C=O) groups excluding carboxylic acids is 2. The van der Waals surface area contributed by atoms with Crippen LogP contribution in [0.2, 0.25) is 0 Å². The molecule has 0 fully saturated rings. The van der Waals surface area contributed by atoms with E-state index in [1.807, 2.05) is 36.4 Å². The number of hydrogen-bond acceptors (Lipinski definition) is 5. The fourth-order valence-electron chi connectivity index (χ4n) is 4.28. The third-order valence-electron chi connectivity index (χ3n) is 6.03. The Morgan fingerprint density at radius 1 is 1.06 bits per heavy atom. The van der Waals surface area contributed by atoms with Gasteiger partial charge in [-0.1, -0.05) is 60.7 Å². The number of carbonyl (C=O) groups is 3. The van der Waals surface area contributed by atoms with Gasteiger partial charge in [0, 0.05) is 11.8 Å². The molecule has 3 unspecified atom stereocenters. The number of amides is 2. The van der Waals surface area contributed by atoms with Crippen molar-refractivity contribution in [2.45, 2.75) is 37.8 Å². The Balaban J connectivity index is 1.31. The summed E-state index contributed by atoms with van der Waals surface area (Å²) in [6.07, 6.45) is 2.76. The van der Waals surface area contributed by atoms with E-state index in [1.165, 1.54) is 6.92 Å². The summed E-state index contributed by atoms with van der Waals surface area (Å²) in [6.45, 7) is 1.53. The van der Waals surface area contributed by atoms with E-state index in [1.54, 1.807) is 0 Å². The van der Waals surface area contributed by atoms with Gasteiger partial charge in [-0.05, 0) is 42.0 Å². The largest absolute Gasteiger partial charge is 0.479 e. The normalized spacial score (nSPS) is 19.8. The van der Waals surface area contributed by atoms with E-state index in [2.05, 4.69) is 35.1 Å². The van der Waals surface area contributed by atoms with Gasteiger partial charge in [-0.3, -0.25) is 9.63 Å². The van der Waals surface area contributed by atoms with Crippen LogP contribution in [0.25, 0.3) is 11.1 Å². The highest BCUT2D eigenvalue weighted by molar-refractivity contribution is 5.80. The maximum absolute atomic E-state index is 12.5. The highest BCUT2D eigenvalue weighted by Crippen LogP contribution is 2.44. The maximum atomic E-state index is 12.5. The Hall–Kier alpha value is -3.65. The van der Waals surface area contributed by atoms with Crippen LogP contribution in [0.4, 0.5) is 4.79 Å². The molecular formula is C25H26N2O6. The number of carboxylic acids is 1. The van der Waals surface area contributed by atoms with Gasteiger partial charge in [-0.15, -0.1) is 0 Å². The molecule has 2 aromatic rings. The van der Waals surface area contributed by atoms with E-state index in [9.17, 15) is 14.4 Å². The Morgan fingerprint density at radius 3 is 2.33 bits per heavy atom. The van der Waals surface area contributed by atoms with E-state index >= 15 is 0 Å². The third kappa shape index (κ3) is 5.06. The number of fused-ring (bicyclic) bond motifs is 3. The summed E-state index contributed by atoms with van der Waals surface area (Å²) < 4.78 is 5.57. The molecule has 0 spiro atoms. The lowest BCUT2D eigenvalue weighted by atomic mass is 9.90. The number of hydroxylamine groups is 1. The lowest BCUT2D eigenvalue weighted by Gasteiger charge is -2.25. The van der Waals surface area contributed by atoms with E-state index in [-0.39, 0.29) is 18.6 Å². The maximum Gasteiger partial charge on any atom is 0.407 e. The molecule has 0 saturated heterocycles. The summed E-state index contributed by atoms with van der Waals surface area (Å²) in [6, 6.07) is 15.9. The van der Waals surface area contributed by atoms with Crippen molar-refractivity contribution in [2.24, 2.45) is 5.92 Å². The summed E-state index contributed by atoms with van der Waals surface area (Å²) in [5.41, 5.74) is 6.78. The summed E-state index contributed by atoms with van der Waals surface area (Å²) in [5.74, 6) is -2.08. The molecule has 2 aliphatic rings. The van der Waals surface area contributed by atoms with Gasteiger partial charge in [0.15, 0.2) is 6.10 Å². The number of ether oxygens (including phenoxy) is 1. The third-order valence-corrected chi connectivity index (χ3v) is 6.03. The quantitative estimate of drug-likeness (QED) is 0.440. The molecule has 3 atom stereocenters. The lowest BCUT2D eigenvalue weighted by Crippen LogP contribution is -2.42. The van der Waals surface area contributed by atoms with Crippen molar-refractivity contribution in [1.29, 1.82) is 0 Å². The molecule has 3 N–H and O–H groups in total. The minimum atomic E-state index is -1.17. The molecule has 0 aliphatic heterocycles. The van der Waals surface area contributed by atoms with Gasteiger partial charge in [0.1, 0.15) is 6.61 Å². The molecule has 0 heterocycles. The van der Waals surface area contributed by atoms with Crippen molar-refractivity contribution < 1.29 is 29.1 Å². The molecule has 0 bridgehead atoms. The molecule has 0 radical (unpaired) electrons. The van der Waals surface area contributed by atoms with Crippen LogP contribution in [0.3, 0.4) is 0 Å². The topological polar surface area (TPSA) is 114 Å². The Kier molecular flexibility index (Phi) is 6.74. The Bertz CT molecular complexity index is 1040. The molecule has 8 heteroatoms. The van der Waals surface area contributed by atoms with Crippen LogP contribution in [0.5, 0.6) is 0 Å². The lowest BCUT2D eigenvalue weighted by molar-refractivity contribution is -0.160. The number of nitrogens with one attached hydrogen (secondary N) is 2. The zero-order valence-corrected chi connectivity index (χ0v) is 18.2. The molecule has 4 rings (SSSR count). The standard InChI is InChI=1S/C25H26N2O6/c1-15(24(29)30)33-27-23(28)16-7-6-8-17(13-16)26-25(31)32-14-22-20-11-4-2-9-18(20)19-10-3-5-12-21(19)22/h2-6,8-12,15-17,22H,7,13-14H2,1H3,(H,26,31)(H,27,28)(H,29,30). The molecule has 8 nitrogen and oxygen atoms in total. The van der Waals surface area contributed by atoms with E-state index in [0.29, 0.717) is 12.8 Å². The van der Waals surface area contributed by atoms with Gasteiger partial charge in [-0.25, -0.2) is 15.1 Å².